The van der Waals surface area contributed by atoms with E-state index in [4.69, 9.17) is 4.74 Å². The fraction of sp³-hybridized carbons (Fsp3) is 0.600. The van der Waals surface area contributed by atoms with E-state index in [2.05, 4.69) is 12.6 Å². The molecule has 4 nitrogen and oxygen atoms in total. The van der Waals surface area contributed by atoms with E-state index in [0.29, 0.717) is 13.0 Å². The molecule has 0 spiro atoms. The molecule has 0 radical (unpaired) electrons. The highest BCUT2D eigenvalue weighted by Gasteiger charge is 2.11. The van der Waals surface area contributed by atoms with Crippen LogP contribution in [0.15, 0.2) is 0 Å². The SMILES string of the molecule is CCOC(S)C(=O)NC=O. The van der Waals surface area contributed by atoms with Crippen LogP contribution in [0, 0.1) is 0 Å². The van der Waals surface area contributed by atoms with Crippen molar-refractivity contribution in [2.24, 2.45) is 0 Å². The van der Waals surface area contributed by atoms with Crippen molar-refractivity contribution in [2.45, 2.75) is 12.4 Å². The molecule has 0 aliphatic heterocycles. The highest BCUT2D eigenvalue weighted by molar-refractivity contribution is 7.81. The monoisotopic (exact) mass is 163 g/mol. The summed E-state index contributed by atoms with van der Waals surface area (Å²) in [4.78, 5) is 20.3. The normalized spacial score (nSPS) is 12.2. The first-order chi connectivity index (χ1) is 4.72. The van der Waals surface area contributed by atoms with Crippen LogP contribution in [0.4, 0.5) is 0 Å². The number of hydrogen-bond acceptors (Lipinski definition) is 4. The summed E-state index contributed by atoms with van der Waals surface area (Å²) in [5.41, 5.74) is -0.852. The van der Waals surface area contributed by atoms with E-state index >= 15 is 0 Å². The fourth-order valence-corrected chi connectivity index (χ4v) is 0.587. The zero-order valence-corrected chi connectivity index (χ0v) is 6.43. The first-order valence-electron chi connectivity index (χ1n) is 2.76. The molecule has 1 atom stereocenters. The van der Waals surface area contributed by atoms with Gasteiger partial charge in [0.25, 0.3) is 5.91 Å². The van der Waals surface area contributed by atoms with Gasteiger partial charge in [0.1, 0.15) is 0 Å². The third-order valence-electron chi connectivity index (χ3n) is 0.750. The van der Waals surface area contributed by atoms with Gasteiger partial charge in [-0.15, -0.1) is 12.6 Å². The summed E-state index contributed by atoms with van der Waals surface area (Å²) in [6.07, 6.45) is 0.296. The van der Waals surface area contributed by atoms with Crippen LogP contribution < -0.4 is 5.32 Å². The number of imide groups is 1. The molecule has 1 N–H and O–H groups in total. The molecule has 0 aliphatic rings. The Kier molecular flexibility index (Phi) is 4.96. The van der Waals surface area contributed by atoms with Gasteiger partial charge in [-0.1, -0.05) is 0 Å². The maximum Gasteiger partial charge on any atom is 0.265 e. The average Bonchev–Trinajstić information content (AvgIpc) is 1.89. The highest BCUT2D eigenvalue weighted by Crippen LogP contribution is 1.95. The molecule has 0 aromatic heterocycles. The van der Waals surface area contributed by atoms with Crippen molar-refractivity contribution in [2.75, 3.05) is 6.61 Å². The van der Waals surface area contributed by atoms with E-state index in [0.717, 1.165) is 0 Å². The van der Waals surface area contributed by atoms with Crippen molar-refractivity contribution in [3.05, 3.63) is 0 Å². The van der Waals surface area contributed by atoms with Gasteiger partial charge in [0.2, 0.25) is 6.41 Å². The van der Waals surface area contributed by atoms with Crippen LogP contribution in [0.1, 0.15) is 6.92 Å². The Labute approximate surface area is 64.3 Å². The first kappa shape index (κ1) is 9.45. The van der Waals surface area contributed by atoms with E-state index < -0.39 is 11.3 Å². The molecule has 5 heteroatoms. The first-order valence-corrected chi connectivity index (χ1v) is 3.27. The number of ether oxygens (including phenoxy) is 1. The van der Waals surface area contributed by atoms with Gasteiger partial charge in [-0.3, -0.25) is 14.9 Å². The molecule has 0 saturated carbocycles. The van der Waals surface area contributed by atoms with Crippen molar-refractivity contribution in [3.63, 3.8) is 0 Å². The number of carbonyl (C=O) groups excluding carboxylic acids is 2. The van der Waals surface area contributed by atoms with Crippen molar-refractivity contribution in [3.8, 4) is 0 Å². The summed E-state index contributed by atoms with van der Waals surface area (Å²) in [6.45, 7) is 2.12. The van der Waals surface area contributed by atoms with Crippen LogP contribution in [0.25, 0.3) is 0 Å². The number of nitrogens with one attached hydrogen (secondary N) is 1. The Bertz CT molecular complexity index is 128. The van der Waals surface area contributed by atoms with Crippen LogP contribution in [-0.2, 0) is 14.3 Å². The molecule has 2 amide bonds. The van der Waals surface area contributed by atoms with Crippen LogP contribution in [0.5, 0.6) is 0 Å². The molecule has 0 bridgehead atoms. The van der Waals surface area contributed by atoms with Gasteiger partial charge in [0.15, 0.2) is 5.44 Å². The average molecular weight is 163 g/mol. The summed E-state index contributed by atoms with van der Waals surface area (Å²) in [6, 6.07) is 0. The second-order valence-corrected chi connectivity index (χ2v) is 1.90. The van der Waals surface area contributed by atoms with Gasteiger partial charge in [-0.2, -0.15) is 0 Å². The van der Waals surface area contributed by atoms with Gasteiger partial charge in [0, 0.05) is 6.61 Å². The summed E-state index contributed by atoms with van der Waals surface area (Å²) in [5.74, 6) is -0.541. The minimum atomic E-state index is -0.852. The van der Waals surface area contributed by atoms with E-state index in [1.165, 1.54) is 0 Å². The quantitative estimate of drug-likeness (QED) is 0.335. The Morgan fingerprint density at radius 2 is 2.50 bits per heavy atom. The maximum absolute atomic E-state index is 10.6. The van der Waals surface area contributed by atoms with Crippen molar-refractivity contribution < 1.29 is 14.3 Å². The lowest BCUT2D eigenvalue weighted by Gasteiger charge is -2.06. The lowest BCUT2D eigenvalue weighted by Crippen LogP contribution is -2.31. The molecule has 0 fully saturated rings. The summed E-state index contributed by atoms with van der Waals surface area (Å²) in [7, 11) is 0. The second kappa shape index (κ2) is 5.25. The number of rotatable bonds is 4. The molecule has 0 rings (SSSR count). The van der Waals surface area contributed by atoms with Crippen LogP contribution in [-0.4, -0.2) is 24.4 Å². The predicted octanol–water partition coefficient (Wildman–Crippen LogP) is -0.449. The molecule has 0 aliphatic carbocycles. The standard InChI is InChI=1S/C5H9NO3S/c1-2-9-5(10)4(8)6-3-7/h3,5,10H,2H2,1H3,(H,6,7,8). The highest BCUT2D eigenvalue weighted by atomic mass is 32.1. The van der Waals surface area contributed by atoms with Gasteiger partial charge in [-0.25, -0.2) is 0 Å². The van der Waals surface area contributed by atoms with Crippen LogP contribution >= 0.6 is 12.6 Å². The molecular formula is C5H9NO3S. The zero-order valence-electron chi connectivity index (χ0n) is 5.53. The molecule has 0 aromatic rings. The maximum atomic E-state index is 10.6. The van der Waals surface area contributed by atoms with Gasteiger partial charge < -0.3 is 4.74 Å². The van der Waals surface area contributed by atoms with Gasteiger partial charge in [0.05, 0.1) is 0 Å². The Balaban J connectivity index is 3.58. The Hall–Kier alpha value is -0.550. The Morgan fingerprint density at radius 1 is 1.90 bits per heavy atom. The summed E-state index contributed by atoms with van der Waals surface area (Å²) in [5, 5.41) is 1.91. The molecule has 10 heavy (non-hydrogen) atoms. The fourth-order valence-electron chi connectivity index (χ4n) is 0.363. The van der Waals surface area contributed by atoms with Crippen molar-refractivity contribution in [1.29, 1.82) is 0 Å². The third kappa shape index (κ3) is 3.47. The largest absolute Gasteiger partial charge is 0.358 e. The molecule has 0 aromatic carbocycles. The van der Waals surface area contributed by atoms with E-state index in [9.17, 15) is 9.59 Å². The minimum absolute atomic E-state index is 0.296. The molecule has 58 valence electrons. The number of amides is 2. The van der Waals surface area contributed by atoms with Crippen LogP contribution in [0.3, 0.4) is 0 Å². The summed E-state index contributed by atoms with van der Waals surface area (Å²) < 4.78 is 4.75. The Morgan fingerprint density at radius 3 is 2.90 bits per heavy atom. The number of hydrogen-bond donors (Lipinski definition) is 2. The minimum Gasteiger partial charge on any atom is -0.358 e. The molecule has 0 heterocycles. The topological polar surface area (TPSA) is 55.4 Å². The smallest absolute Gasteiger partial charge is 0.265 e. The molecule has 0 saturated heterocycles. The third-order valence-corrected chi connectivity index (χ3v) is 1.13. The number of carbonyl (C=O) groups is 2. The van der Waals surface area contributed by atoms with E-state index in [-0.39, 0.29) is 0 Å². The molecular weight excluding hydrogens is 154 g/mol. The molecule has 1 unspecified atom stereocenters. The van der Waals surface area contributed by atoms with E-state index in [1.807, 2.05) is 5.32 Å². The van der Waals surface area contributed by atoms with Crippen molar-refractivity contribution in [1.82, 2.24) is 5.32 Å². The summed E-state index contributed by atoms with van der Waals surface area (Å²) >= 11 is 3.75. The lowest BCUT2D eigenvalue weighted by atomic mass is 10.6. The van der Waals surface area contributed by atoms with E-state index in [1.54, 1.807) is 6.92 Å². The zero-order chi connectivity index (χ0) is 7.98. The predicted molar refractivity (Wildman–Crippen MR) is 38.6 cm³/mol. The van der Waals surface area contributed by atoms with Crippen LogP contribution in [0.2, 0.25) is 0 Å². The van der Waals surface area contributed by atoms with Crippen molar-refractivity contribution >= 4 is 24.9 Å². The van der Waals surface area contributed by atoms with Gasteiger partial charge >= 0.3 is 0 Å². The van der Waals surface area contributed by atoms with Gasteiger partial charge in [-0.05, 0) is 6.92 Å². The second-order valence-electron chi connectivity index (χ2n) is 1.43. The lowest BCUT2D eigenvalue weighted by molar-refractivity contribution is -0.130. The number of thiol groups is 1.